The van der Waals surface area contributed by atoms with E-state index in [1.54, 1.807) is 51.8 Å². The summed E-state index contributed by atoms with van der Waals surface area (Å²) in [6.07, 6.45) is 6.56. The Morgan fingerprint density at radius 2 is 1.66 bits per heavy atom. The predicted molar refractivity (Wildman–Crippen MR) is 133 cm³/mol. The lowest BCUT2D eigenvalue weighted by Crippen LogP contribution is -2.48. The number of methoxy groups -OCH3 is 3. The molecule has 10 nitrogen and oxygen atoms in total. The first-order valence-electron chi connectivity index (χ1n) is 11.1. The fourth-order valence-electron chi connectivity index (χ4n) is 3.78. The summed E-state index contributed by atoms with van der Waals surface area (Å²) in [5.41, 5.74) is 0.778. The molecule has 10 heteroatoms. The van der Waals surface area contributed by atoms with Gasteiger partial charge in [0.25, 0.3) is 0 Å². The molecule has 35 heavy (non-hydrogen) atoms. The molecule has 0 saturated carbocycles. The lowest BCUT2D eigenvalue weighted by Gasteiger charge is -2.35. The van der Waals surface area contributed by atoms with Crippen molar-refractivity contribution < 1.29 is 19.0 Å². The molecule has 1 aliphatic rings. The van der Waals surface area contributed by atoms with Gasteiger partial charge in [0, 0.05) is 44.5 Å². The zero-order valence-electron chi connectivity index (χ0n) is 20.0. The van der Waals surface area contributed by atoms with Crippen LogP contribution in [0.2, 0.25) is 0 Å². The number of piperazine rings is 1. The molecule has 0 radical (unpaired) electrons. The SMILES string of the molecule is COc1cc(/C=C/C(=O)N2CCN(c3cc(Nc4ccccn4)ncn3)CC2)cc(OC)c1OC. The second-order valence-corrected chi connectivity index (χ2v) is 7.71. The molecule has 1 aliphatic heterocycles. The highest BCUT2D eigenvalue weighted by atomic mass is 16.5. The number of rotatable bonds is 8. The zero-order valence-corrected chi connectivity index (χ0v) is 20.0. The van der Waals surface area contributed by atoms with Gasteiger partial charge in [-0.3, -0.25) is 4.79 Å². The first-order chi connectivity index (χ1) is 17.1. The first kappa shape index (κ1) is 23.8. The van der Waals surface area contributed by atoms with Gasteiger partial charge >= 0.3 is 0 Å². The Labute approximate surface area is 204 Å². The minimum atomic E-state index is -0.0569. The van der Waals surface area contributed by atoms with Crippen molar-refractivity contribution in [2.45, 2.75) is 0 Å². The predicted octanol–water partition coefficient (Wildman–Crippen LogP) is 3.00. The fraction of sp³-hybridized carbons (Fsp3) is 0.280. The van der Waals surface area contributed by atoms with Gasteiger partial charge in [-0.1, -0.05) is 6.07 Å². The van der Waals surface area contributed by atoms with Crippen molar-refractivity contribution in [3.05, 3.63) is 60.6 Å². The maximum absolute atomic E-state index is 12.8. The van der Waals surface area contributed by atoms with Crippen LogP contribution in [-0.2, 0) is 4.79 Å². The van der Waals surface area contributed by atoms with Crippen LogP contribution in [0, 0.1) is 0 Å². The van der Waals surface area contributed by atoms with Crippen molar-refractivity contribution in [3.8, 4) is 17.2 Å². The monoisotopic (exact) mass is 476 g/mol. The van der Waals surface area contributed by atoms with Crippen molar-refractivity contribution in [1.29, 1.82) is 0 Å². The second kappa shape index (κ2) is 11.2. The van der Waals surface area contributed by atoms with E-state index in [0.29, 0.717) is 55.1 Å². The van der Waals surface area contributed by atoms with Gasteiger partial charge in [-0.2, -0.15) is 0 Å². The molecule has 0 aliphatic carbocycles. The van der Waals surface area contributed by atoms with Gasteiger partial charge in [-0.05, 0) is 35.9 Å². The van der Waals surface area contributed by atoms with Crippen LogP contribution in [0.5, 0.6) is 17.2 Å². The number of benzene rings is 1. The molecule has 182 valence electrons. The summed E-state index contributed by atoms with van der Waals surface area (Å²) in [5.74, 6) is 3.71. The minimum absolute atomic E-state index is 0.0569. The van der Waals surface area contributed by atoms with Gasteiger partial charge in [-0.25, -0.2) is 15.0 Å². The van der Waals surface area contributed by atoms with Crippen LogP contribution < -0.4 is 24.4 Å². The lowest BCUT2D eigenvalue weighted by molar-refractivity contribution is -0.126. The first-order valence-corrected chi connectivity index (χ1v) is 11.1. The molecule has 2 aromatic heterocycles. The summed E-state index contributed by atoms with van der Waals surface area (Å²) in [6.45, 7) is 2.52. The van der Waals surface area contributed by atoms with Crippen LogP contribution >= 0.6 is 0 Å². The molecule has 3 aromatic rings. The van der Waals surface area contributed by atoms with Crippen LogP contribution in [-0.4, -0.2) is 73.3 Å². The lowest BCUT2D eigenvalue weighted by atomic mass is 10.1. The van der Waals surface area contributed by atoms with Crippen LogP contribution in [0.1, 0.15) is 5.56 Å². The standard InChI is InChI=1S/C25H28N6O4/c1-33-19-14-18(15-20(34-2)25(19)35-3)7-8-24(32)31-12-10-30(11-13-31)23-16-22(27-17-28-23)29-21-6-4-5-9-26-21/h4-9,14-17H,10-13H2,1-3H3,(H,26,27,28,29)/b8-7+. The molecule has 1 N–H and O–H groups in total. The van der Waals surface area contributed by atoms with Crippen molar-refractivity contribution in [2.75, 3.05) is 57.7 Å². The summed E-state index contributed by atoms with van der Waals surface area (Å²) >= 11 is 0. The quantitative estimate of drug-likeness (QED) is 0.492. The Balaban J connectivity index is 1.36. The third-order valence-corrected chi connectivity index (χ3v) is 5.59. The largest absolute Gasteiger partial charge is 0.493 e. The Bertz CT molecular complexity index is 1150. The highest BCUT2D eigenvalue weighted by Gasteiger charge is 2.21. The van der Waals surface area contributed by atoms with E-state index in [1.165, 1.54) is 6.33 Å². The van der Waals surface area contributed by atoms with E-state index in [4.69, 9.17) is 14.2 Å². The normalized spacial score (nSPS) is 13.6. The van der Waals surface area contributed by atoms with Crippen molar-refractivity contribution in [3.63, 3.8) is 0 Å². The molecular weight excluding hydrogens is 448 g/mol. The Morgan fingerprint density at radius 1 is 0.914 bits per heavy atom. The number of ether oxygens (including phenoxy) is 3. The molecule has 0 bridgehead atoms. The van der Waals surface area contributed by atoms with E-state index in [1.807, 2.05) is 29.2 Å². The molecule has 1 aromatic carbocycles. The molecule has 0 spiro atoms. The number of amides is 1. The topological polar surface area (TPSA) is 102 Å². The highest BCUT2D eigenvalue weighted by Crippen LogP contribution is 2.38. The van der Waals surface area contributed by atoms with Gasteiger partial charge in [0.2, 0.25) is 11.7 Å². The molecule has 3 heterocycles. The van der Waals surface area contributed by atoms with E-state index in [9.17, 15) is 4.79 Å². The molecule has 1 amide bonds. The number of nitrogens with one attached hydrogen (secondary N) is 1. The van der Waals surface area contributed by atoms with E-state index < -0.39 is 0 Å². The van der Waals surface area contributed by atoms with Crippen molar-refractivity contribution in [2.24, 2.45) is 0 Å². The number of carbonyl (C=O) groups excluding carboxylic acids is 1. The van der Waals surface area contributed by atoms with Crippen LogP contribution in [0.15, 0.2) is 55.0 Å². The number of carbonyl (C=O) groups is 1. The van der Waals surface area contributed by atoms with E-state index in [-0.39, 0.29) is 5.91 Å². The molecule has 0 atom stereocenters. The van der Waals surface area contributed by atoms with Crippen molar-refractivity contribution in [1.82, 2.24) is 19.9 Å². The number of hydrogen-bond donors (Lipinski definition) is 1. The molecule has 0 unspecified atom stereocenters. The van der Waals surface area contributed by atoms with Gasteiger partial charge in [0.15, 0.2) is 11.5 Å². The number of aromatic nitrogens is 3. The van der Waals surface area contributed by atoms with Crippen molar-refractivity contribution >= 4 is 29.4 Å². The van der Waals surface area contributed by atoms with Gasteiger partial charge in [0.05, 0.1) is 21.3 Å². The molecule has 1 fully saturated rings. The number of nitrogens with zero attached hydrogens (tertiary/aromatic N) is 5. The smallest absolute Gasteiger partial charge is 0.246 e. The Hall–Kier alpha value is -4.34. The third kappa shape index (κ3) is 5.78. The summed E-state index contributed by atoms with van der Waals surface area (Å²) in [4.78, 5) is 29.7. The van der Waals surface area contributed by atoms with E-state index >= 15 is 0 Å². The number of anilines is 3. The average Bonchev–Trinajstić information content (AvgIpc) is 2.91. The zero-order chi connectivity index (χ0) is 24.6. The Kier molecular flexibility index (Phi) is 7.61. The fourth-order valence-corrected chi connectivity index (χ4v) is 3.78. The van der Waals surface area contributed by atoms with Crippen LogP contribution in [0.3, 0.4) is 0 Å². The summed E-state index contributed by atoms with van der Waals surface area (Å²) in [5, 5.41) is 3.18. The second-order valence-electron chi connectivity index (χ2n) is 7.71. The average molecular weight is 477 g/mol. The van der Waals surface area contributed by atoms with Gasteiger partial charge in [0.1, 0.15) is 23.8 Å². The Morgan fingerprint density at radius 3 is 2.29 bits per heavy atom. The molecule has 1 saturated heterocycles. The summed E-state index contributed by atoms with van der Waals surface area (Å²) in [7, 11) is 4.67. The summed E-state index contributed by atoms with van der Waals surface area (Å²) in [6, 6.07) is 11.1. The number of hydrogen-bond acceptors (Lipinski definition) is 9. The maximum atomic E-state index is 12.8. The van der Waals surface area contributed by atoms with Gasteiger partial charge < -0.3 is 29.3 Å². The maximum Gasteiger partial charge on any atom is 0.246 e. The van der Waals surface area contributed by atoms with E-state index in [2.05, 4.69) is 25.2 Å². The third-order valence-electron chi connectivity index (χ3n) is 5.59. The van der Waals surface area contributed by atoms with Crippen LogP contribution in [0.4, 0.5) is 17.5 Å². The van der Waals surface area contributed by atoms with Gasteiger partial charge in [-0.15, -0.1) is 0 Å². The summed E-state index contributed by atoms with van der Waals surface area (Å²) < 4.78 is 16.1. The van der Waals surface area contributed by atoms with E-state index in [0.717, 1.165) is 11.4 Å². The number of pyridine rings is 1. The molecular formula is C25H28N6O4. The van der Waals surface area contributed by atoms with Crippen LogP contribution in [0.25, 0.3) is 6.08 Å². The molecule has 4 rings (SSSR count). The minimum Gasteiger partial charge on any atom is -0.493 e. The highest BCUT2D eigenvalue weighted by molar-refractivity contribution is 5.92.